The topological polar surface area (TPSA) is 92.0 Å². The third-order valence-corrected chi connectivity index (χ3v) is 11.0. The minimum atomic E-state index is -0.911. The molecule has 0 radical (unpaired) electrons. The molecule has 0 amide bonds. The van der Waals surface area contributed by atoms with Crippen molar-refractivity contribution in [1.82, 2.24) is 0 Å². The van der Waals surface area contributed by atoms with E-state index in [9.17, 15) is 14.4 Å². The second kappa shape index (κ2) is 7.81. The Morgan fingerprint density at radius 1 is 1.19 bits per heavy atom. The molecule has 37 heavy (non-hydrogen) atoms. The lowest BCUT2D eigenvalue weighted by Gasteiger charge is -2.60. The molecule has 9 atom stereocenters. The summed E-state index contributed by atoms with van der Waals surface area (Å²) in [4.78, 5) is 40.1. The van der Waals surface area contributed by atoms with Gasteiger partial charge in [-0.1, -0.05) is 33.3 Å². The SMILES string of the molecule is COC(=O)CC1C2(C)C3=C(C)C(c4ccoc4C(C)C)CC3OC2C2OC(=O)C3(C)CCC(=O)C1(C)C23. The van der Waals surface area contributed by atoms with Gasteiger partial charge in [0.2, 0.25) is 0 Å². The van der Waals surface area contributed by atoms with Gasteiger partial charge in [-0.2, -0.15) is 0 Å². The number of carbonyl (C=O) groups excluding carboxylic acids is 3. The number of fused-ring (bicyclic) bond motifs is 4. The molecule has 0 aromatic carbocycles. The maximum Gasteiger partial charge on any atom is 0.312 e. The van der Waals surface area contributed by atoms with Crippen LogP contribution < -0.4 is 0 Å². The molecule has 0 N–H and O–H groups in total. The Morgan fingerprint density at radius 2 is 1.92 bits per heavy atom. The summed E-state index contributed by atoms with van der Waals surface area (Å²) in [5, 5.41) is 0. The van der Waals surface area contributed by atoms with E-state index in [1.165, 1.54) is 18.2 Å². The molecule has 5 aliphatic rings. The van der Waals surface area contributed by atoms with Crippen LogP contribution in [0.4, 0.5) is 0 Å². The first kappa shape index (κ1) is 24.9. The summed E-state index contributed by atoms with van der Waals surface area (Å²) in [6.07, 6.45) is 2.30. The summed E-state index contributed by atoms with van der Waals surface area (Å²) < 4.78 is 24.0. The first-order valence-electron chi connectivity index (χ1n) is 13.7. The molecule has 2 aliphatic heterocycles. The number of ketones is 1. The zero-order chi connectivity index (χ0) is 26.7. The fourth-order valence-corrected chi connectivity index (χ4v) is 9.41. The fourth-order valence-electron chi connectivity index (χ4n) is 9.41. The fraction of sp³-hybridized carbons (Fsp3) is 0.700. The van der Waals surface area contributed by atoms with Crippen molar-refractivity contribution >= 4 is 17.7 Å². The molecule has 2 saturated carbocycles. The molecule has 4 fully saturated rings. The van der Waals surface area contributed by atoms with Crippen LogP contribution >= 0.6 is 0 Å². The van der Waals surface area contributed by atoms with Crippen molar-refractivity contribution in [3.63, 3.8) is 0 Å². The summed E-state index contributed by atoms with van der Waals surface area (Å²) >= 11 is 0. The number of allylic oxidation sites excluding steroid dienone is 1. The van der Waals surface area contributed by atoms with Crippen LogP contribution in [-0.2, 0) is 28.6 Å². The summed E-state index contributed by atoms with van der Waals surface area (Å²) in [6, 6.07) is 2.06. The van der Waals surface area contributed by atoms with Gasteiger partial charge < -0.3 is 18.6 Å². The lowest BCUT2D eigenvalue weighted by Crippen LogP contribution is -2.67. The molecule has 7 heteroatoms. The van der Waals surface area contributed by atoms with Gasteiger partial charge in [0.1, 0.15) is 23.8 Å². The molecule has 0 spiro atoms. The van der Waals surface area contributed by atoms with E-state index in [0.717, 1.165) is 17.8 Å². The Morgan fingerprint density at radius 3 is 2.59 bits per heavy atom. The zero-order valence-corrected chi connectivity index (χ0v) is 22.9. The quantitative estimate of drug-likeness (QED) is 0.411. The van der Waals surface area contributed by atoms with Gasteiger partial charge in [-0.3, -0.25) is 14.4 Å². The molecule has 2 saturated heterocycles. The Hall–Kier alpha value is -2.41. The molecule has 3 heterocycles. The van der Waals surface area contributed by atoms with E-state index in [1.54, 1.807) is 6.26 Å². The number of furan rings is 1. The van der Waals surface area contributed by atoms with E-state index in [4.69, 9.17) is 18.6 Å². The molecule has 0 bridgehead atoms. The third kappa shape index (κ3) is 2.90. The number of ether oxygens (including phenoxy) is 3. The Balaban J connectivity index is 1.54. The van der Waals surface area contributed by atoms with E-state index in [0.29, 0.717) is 12.8 Å². The van der Waals surface area contributed by atoms with Crippen molar-refractivity contribution in [2.75, 3.05) is 7.11 Å². The highest BCUT2D eigenvalue weighted by molar-refractivity contribution is 5.92. The Kier molecular flexibility index (Phi) is 5.26. The van der Waals surface area contributed by atoms with Gasteiger partial charge >= 0.3 is 11.9 Å². The van der Waals surface area contributed by atoms with Gasteiger partial charge in [-0.05, 0) is 44.2 Å². The molecule has 1 aromatic rings. The van der Waals surface area contributed by atoms with Gasteiger partial charge in [-0.25, -0.2) is 0 Å². The molecular weight excluding hydrogens is 472 g/mol. The number of hydrogen-bond donors (Lipinski definition) is 0. The van der Waals surface area contributed by atoms with Crippen LogP contribution in [0.1, 0.15) is 90.4 Å². The van der Waals surface area contributed by atoms with Crippen LogP contribution in [0.25, 0.3) is 0 Å². The maximum atomic E-state index is 13.9. The van der Waals surface area contributed by atoms with Crippen LogP contribution in [0, 0.1) is 28.1 Å². The summed E-state index contributed by atoms with van der Waals surface area (Å²) in [7, 11) is 1.39. The van der Waals surface area contributed by atoms with Gasteiger partial charge in [-0.15, -0.1) is 0 Å². The molecule has 7 nitrogen and oxygen atoms in total. The van der Waals surface area contributed by atoms with Crippen LogP contribution in [-0.4, -0.2) is 43.1 Å². The van der Waals surface area contributed by atoms with Gasteiger partial charge in [0.25, 0.3) is 0 Å². The average Bonchev–Trinajstić information content (AvgIpc) is 3.58. The number of Topliss-reactive ketones (excluding diaryl/α,β-unsaturated/α-hetero) is 1. The number of carbonyl (C=O) groups is 3. The second-order valence-electron chi connectivity index (χ2n) is 12.9. The average molecular weight is 511 g/mol. The molecule has 9 unspecified atom stereocenters. The number of rotatable bonds is 4. The van der Waals surface area contributed by atoms with E-state index < -0.39 is 28.5 Å². The number of methoxy groups -OCH3 is 1. The van der Waals surface area contributed by atoms with Crippen LogP contribution in [0.3, 0.4) is 0 Å². The Bertz CT molecular complexity index is 1220. The minimum Gasteiger partial charge on any atom is -0.469 e. The van der Waals surface area contributed by atoms with Crippen molar-refractivity contribution < 1.29 is 33.0 Å². The lowest BCUT2D eigenvalue weighted by atomic mass is 9.40. The lowest BCUT2D eigenvalue weighted by molar-refractivity contribution is -0.197. The second-order valence-corrected chi connectivity index (χ2v) is 12.9. The first-order valence-corrected chi connectivity index (χ1v) is 13.7. The molecule has 1 aromatic heterocycles. The van der Waals surface area contributed by atoms with Crippen molar-refractivity contribution in [3.05, 3.63) is 34.8 Å². The molecule has 200 valence electrons. The van der Waals surface area contributed by atoms with Crippen molar-refractivity contribution in [3.8, 4) is 0 Å². The predicted molar refractivity (Wildman–Crippen MR) is 134 cm³/mol. The summed E-state index contributed by atoms with van der Waals surface area (Å²) in [5.41, 5.74) is 1.22. The minimum absolute atomic E-state index is 0.0969. The predicted octanol–water partition coefficient (Wildman–Crippen LogP) is 5.09. The van der Waals surface area contributed by atoms with Crippen LogP contribution in [0.15, 0.2) is 27.9 Å². The highest BCUT2D eigenvalue weighted by Crippen LogP contribution is 2.73. The zero-order valence-electron chi connectivity index (χ0n) is 22.9. The maximum absolute atomic E-state index is 13.9. The first-order chi connectivity index (χ1) is 17.4. The molecular formula is C30H38O7. The van der Waals surface area contributed by atoms with Gasteiger partial charge in [0.15, 0.2) is 0 Å². The van der Waals surface area contributed by atoms with Crippen molar-refractivity contribution in [2.24, 2.45) is 28.1 Å². The third-order valence-electron chi connectivity index (χ3n) is 11.0. The van der Waals surface area contributed by atoms with E-state index >= 15 is 0 Å². The van der Waals surface area contributed by atoms with E-state index in [-0.39, 0.29) is 53.9 Å². The summed E-state index contributed by atoms with van der Waals surface area (Å²) in [6.45, 7) is 12.5. The van der Waals surface area contributed by atoms with Crippen molar-refractivity contribution in [2.45, 2.75) is 97.4 Å². The molecule has 6 rings (SSSR count). The normalized spacial score (nSPS) is 44.1. The Labute approximate surface area is 218 Å². The van der Waals surface area contributed by atoms with Crippen molar-refractivity contribution in [1.29, 1.82) is 0 Å². The van der Waals surface area contributed by atoms with E-state index in [2.05, 4.69) is 33.8 Å². The van der Waals surface area contributed by atoms with E-state index in [1.807, 2.05) is 13.8 Å². The number of hydrogen-bond acceptors (Lipinski definition) is 7. The van der Waals surface area contributed by atoms with Crippen LogP contribution in [0.2, 0.25) is 0 Å². The summed E-state index contributed by atoms with van der Waals surface area (Å²) in [5.74, 6) is 0.188. The largest absolute Gasteiger partial charge is 0.469 e. The highest BCUT2D eigenvalue weighted by Gasteiger charge is 2.78. The molecule has 3 aliphatic carbocycles. The number of esters is 2. The smallest absolute Gasteiger partial charge is 0.312 e. The van der Waals surface area contributed by atoms with Gasteiger partial charge in [0, 0.05) is 40.6 Å². The highest BCUT2D eigenvalue weighted by atomic mass is 16.6. The standard InChI is InChI=1S/C30H38O7/c1-14(2)23-16(9-11-35-23)17-12-18-22(15(17)3)30(6)19(13-21(32)34-7)29(5)20(31)8-10-28(4)25(29)24(26(30)36-18)37-27(28)33/h9,11,14,17-19,24-26H,8,10,12-13H2,1-7H3. The van der Waals surface area contributed by atoms with Gasteiger partial charge in [0.05, 0.1) is 31.3 Å². The monoisotopic (exact) mass is 510 g/mol. The van der Waals surface area contributed by atoms with Crippen LogP contribution in [0.5, 0.6) is 0 Å².